The Morgan fingerprint density at radius 2 is 1.64 bits per heavy atom. The highest BCUT2D eigenvalue weighted by Gasteiger charge is 2.37. The summed E-state index contributed by atoms with van der Waals surface area (Å²) in [6, 6.07) is 11.7. The first-order chi connectivity index (χ1) is 23.6. The molecule has 15 heteroatoms. The van der Waals surface area contributed by atoms with Gasteiger partial charge in [-0.3, -0.25) is 10.1 Å². The van der Waals surface area contributed by atoms with Crippen molar-refractivity contribution in [3.63, 3.8) is 0 Å². The van der Waals surface area contributed by atoms with Crippen molar-refractivity contribution in [1.29, 1.82) is 0 Å². The van der Waals surface area contributed by atoms with E-state index in [0.29, 0.717) is 37.0 Å². The Balaban J connectivity index is 1.38. The number of rotatable bonds is 12. The number of alkyl carbamates (subject to hydrolysis) is 1. The highest BCUT2D eigenvalue weighted by molar-refractivity contribution is 5.80. The molecule has 0 unspecified atom stereocenters. The predicted molar refractivity (Wildman–Crippen MR) is 190 cm³/mol. The van der Waals surface area contributed by atoms with Gasteiger partial charge in [0.25, 0.3) is 0 Å². The molecule has 15 nitrogen and oxygen atoms in total. The first kappa shape index (κ1) is 37.5. The van der Waals surface area contributed by atoms with E-state index in [4.69, 9.17) is 16.2 Å². The summed E-state index contributed by atoms with van der Waals surface area (Å²) in [5, 5.41) is 21.0. The molecule has 1 aliphatic carbocycles. The summed E-state index contributed by atoms with van der Waals surface area (Å²) in [6.07, 6.45) is 4.50. The van der Waals surface area contributed by atoms with E-state index in [-0.39, 0.29) is 24.0 Å². The van der Waals surface area contributed by atoms with Gasteiger partial charge in [-0.2, -0.15) is 9.47 Å². The van der Waals surface area contributed by atoms with E-state index in [9.17, 15) is 24.5 Å². The Kier molecular flexibility index (Phi) is 12.0. The third-order valence-electron chi connectivity index (χ3n) is 9.02. The molecule has 7 N–H and O–H groups in total. The molecule has 268 valence electrons. The van der Waals surface area contributed by atoms with E-state index in [1.165, 1.54) is 13.2 Å². The average Bonchev–Trinajstić information content (AvgIpc) is 3.05. The Morgan fingerprint density at radius 3 is 2.26 bits per heavy atom. The molecule has 1 heterocycles. The van der Waals surface area contributed by atoms with Crippen molar-refractivity contribution in [2.24, 2.45) is 23.3 Å². The number of ether oxygens (including phenoxy) is 1. The molecule has 1 saturated carbocycles. The van der Waals surface area contributed by atoms with Gasteiger partial charge in [-0.15, -0.1) is 0 Å². The van der Waals surface area contributed by atoms with Gasteiger partial charge in [0.15, 0.2) is 0 Å². The Labute approximate surface area is 291 Å². The van der Waals surface area contributed by atoms with Gasteiger partial charge in [-0.05, 0) is 93.5 Å². The van der Waals surface area contributed by atoms with Crippen molar-refractivity contribution in [3.05, 3.63) is 75.5 Å². The lowest BCUT2D eigenvalue weighted by atomic mass is 9.82. The summed E-state index contributed by atoms with van der Waals surface area (Å²) in [7, 11) is 1.39. The molecular weight excluding hydrogens is 642 g/mol. The maximum Gasteiger partial charge on any atom is 0.423 e. The van der Waals surface area contributed by atoms with Gasteiger partial charge in [-0.25, -0.2) is 19.4 Å². The fraction of sp³-hybridized carbons (Fsp3) is 0.457. The molecule has 1 aliphatic rings. The van der Waals surface area contributed by atoms with Crippen LogP contribution in [0.5, 0.6) is 0 Å². The van der Waals surface area contributed by atoms with Gasteiger partial charge in [-0.1, -0.05) is 36.4 Å². The summed E-state index contributed by atoms with van der Waals surface area (Å²) in [4.78, 5) is 55.9. The average molecular weight is 691 g/mol. The van der Waals surface area contributed by atoms with Crippen molar-refractivity contribution in [1.82, 2.24) is 15.3 Å². The van der Waals surface area contributed by atoms with Crippen LogP contribution in [0.25, 0.3) is 11.1 Å². The number of urea groups is 2. The Hall–Kier alpha value is -5.31. The number of imide groups is 1. The quantitative estimate of drug-likeness (QED) is 0.0871. The third kappa shape index (κ3) is 9.87. The smallest absolute Gasteiger partial charge is 0.423 e. The highest BCUT2D eigenvalue weighted by Crippen LogP contribution is 2.31. The van der Waals surface area contributed by atoms with Crippen LogP contribution in [-0.2, 0) is 17.8 Å². The second kappa shape index (κ2) is 15.9. The van der Waals surface area contributed by atoms with E-state index >= 15 is 0 Å². The number of nitro groups is 1. The molecule has 3 aromatic rings. The lowest BCUT2D eigenvalue weighted by molar-refractivity contribution is -0.758. The second-order valence-electron chi connectivity index (χ2n) is 14.0. The van der Waals surface area contributed by atoms with Crippen LogP contribution in [0.2, 0.25) is 0 Å². The number of nitrogens with two attached hydrogens (primary N) is 2. The first-order valence-electron chi connectivity index (χ1n) is 16.6. The zero-order chi connectivity index (χ0) is 36.6. The maximum atomic E-state index is 12.0. The molecule has 1 aromatic heterocycles. The molecule has 0 atom stereocenters. The summed E-state index contributed by atoms with van der Waals surface area (Å²) in [5.41, 5.74) is 14.7. The number of quaternary nitrogens is 1. The number of aromatic nitrogens is 2. The van der Waals surface area contributed by atoms with Gasteiger partial charge >= 0.3 is 23.8 Å². The van der Waals surface area contributed by atoms with E-state index in [0.717, 1.165) is 47.9 Å². The minimum Gasteiger partial charge on any atom is -0.444 e. The maximum absolute atomic E-state index is 12.0. The third-order valence-corrected chi connectivity index (χ3v) is 9.02. The number of hydrogen-bond acceptors (Lipinski definition) is 10. The second-order valence-corrected chi connectivity index (χ2v) is 14.0. The highest BCUT2D eigenvalue weighted by atomic mass is 16.6. The van der Waals surface area contributed by atoms with Crippen LogP contribution in [0.4, 0.5) is 31.8 Å². The summed E-state index contributed by atoms with van der Waals surface area (Å²) >= 11 is 0. The minimum absolute atomic E-state index is 0.0151. The topological polar surface area (TPSA) is 217 Å². The monoisotopic (exact) mass is 690 g/mol. The van der Waals surface area contributed by atoms with Gasteiger partial charge in [0.05, 0.1) is 12.0 Å². The predicted octanol–water partition coefficient (Wildman–Crippen LogP) is 5.82. The number of nitrogens with zero attached hydrogens (tertiary/aromatic N) is 4. The number of nitrogens with one attached hydrogen (secondary N) is 3. The number of amides is 5. The van der Waals surface area contributed by atoms with Crippen molar-refractivity contribution in [2.75, 3.05) is 30.8 Å². The number of carbonyl (C=O) groups is 3. The minimum atomic E-state index is -0.840. The number of hydrogen-bond donors (Lipinski definition) is 5. The van der Waals surface area contributed by atoms with Crippen LogP contribution in [-0.4, -0.2) is 63.3 Å². The van der Waals surface area contributed by atoms with E-state index in [1.807, 2.05) is 70.2 Å². The van der Waals surface area contributed by atoms with Crippen LogP contribution in [0.1, 0.15) is 63.1 Å². The zero-order valence-electron chi connectivity index (χ0n) is 29.3. The fourth-order valence-electron chi connectivity index (χ4n) is 5.98. The summed E-state index contributed by atoms with van der Waals surface area (Å²) < 4.78 is 4.57. The van der Waals surface area contributed by atoms with E-state index in [1.54, 1.807) is 0 Å². The molecule has 0 aliphatic heterocycles. The molecule has 5 amide bonds. The molecule has 0 spiro atoms. The Bertz CT molecular complexity index is 1700. The largest absolute Gasteiger partial charge is 0.444 e. The van der Waals surface area contributed by atoms with Crippen LogP contribution in [0.15, 0.2) is 48.7 Å². The van der Waals surface area contributed by atoms with E-state index in [2.05, 4.69) is 25.9 Å². The van der Waals surface area contributed by atoms with Crippen molar-refractivity contribution in [3.8, 4) is 11.1 Å². The van der Waals surface area contributed by atoms with Gasteiger partial charge in [0.1, 0.15) is 18.3 Å². The summed E-state index contributed by atoms with van der Waals surface area (Å²) in [5.74, 6) is 1.06. The molecule has 0 radical (unpaired) electrons. The van der Waals surface area contributed by atoms with Crippen LogP contribution in [0.3, 0.4) is 0 Å². The zero-order valence-corrected chi connectivity index (χ0v) is 29.3. The molecule has 50 heavy (non-hydrogen) atoms. The molecule has 1 fully saturated rings. The summed E-state index contributed by atoms with van der Waals surface area (Å²) in [6.45, 7) is 8.93. The van der Waals surface area contributed by atoms with Gasteiger partial charge < -0.3 is 32.2 Å². The van der Waals surface area contributed by atoms with Gasteiger partial charge in [0, 0.05) is 25.2 Å². The number of primary amides is 2. The normalized spacial score (nSPS) is 16.3. The molecule has 4 rings (SSSR count). The number of anilines is 2. The van der Waals surface area contributed by atoms with Crippen molar-refractivity contribution in [2.45, 2.75) is 72.1 Å². The fourth-order valence-corrected chi connectivity index (χ4v) is 5.98. The van der Waals surface area contributed by atoms with Crippen LogP contribution in [0, 0.1) is 28.9 Å². The number of carbonyl (C=O) groups excluding carboxylic acids is 3. The molecule has 0 saturated heterocycles. The number of benzene rings is 2. The van der Waals surface area contributed by atoms with Gasteiger partial charge in [0.2, 0.25) is 11.8 Å². The molecule has 0 bridgehead atoms. The lowest BCUT2D eigenvalue weighted by Crippen LogP contribution is -2.58. The van der Waals surface area contributed by atoms with E-state index < -0.39 is 33.2 Å². The Morgan fingerprint density at radius 1 is 1.00 bits per heavy atom. The SMILES string of the molecule is Cc1c(CNc2ncc([N+](=O)[O-])c(NCC3CCC(CNC(=O)OC(C)(C)C)CC3)n2)cccc1-c1cccc(C[N+](C)(C(N)=O)C(N)=O)c1. The van der Waals surface area contributed by atoms with Crippen LogP contribution < -0.4 is 27.4 Å². The van der Waals surface area contributed by atoms with Crippen molar-refractivity contribution >= 4 is 35.6 Å². The molecular formula is C35H48N9O6+. The first-order valence-corrected chi connectivity index (χ1v) is 16.6. The van der Waals surface area contributed by atoms with Crippen LogP contribution >= 0.6 is 0 Å². The van der Waals surface area contributed by atoms with Crippen molar-refractivity contribution < 1.29 is 28.5 Å². The molecule has 2 aromatic carbocycles. The standard InChI is InChI=1S/C35H47N9O6/c1-22-27(10-7-11-28(22)26-9-6-8-25(16-26)21-44(5,31(36)45)32(37)46)19-39-33-40-20-29(43(48)49)30(42-33)38-17-23-12-14-24(15-13-23)18-41-34(47)50-35(2,3)4/h6-11,16,20,23-24H,12-15,17-19,21H2,1-5H3,(H6-,36,37,38,39,40,41,42,45,46,47)/p+1. The lowest BCUT2D eigenvalue weighted by Gasteiger charge is -2.29.